The molecule has 3 N–H and O–H groups in total. The van der Waals surface area contributed by atoms with Crippen LogP contribution >= 0.6 is 0 Å². The van der Waals surface area contributed by atoms with Gasteiger partial charge in [0, 0.05) is 20.1 Å². The van der Waals surface area contributed by atoms with Crippen LogP contribution < -0.4 is 15.4 Å². The SMILES string of the molecule is CNc1cc(F)ccc1S(=O)(=O)Cc1cccc(N(C)S(C)(=O)=O)c1C(C)N. The lowest BCUT2D eigenvalue weighted by atomic mass is 10.0. The number of hydrogen-bond acceptors (Lipinski definition) is 6. The molecule has 0 aliphatic carbocycles. The zero-order valence-corrected chi connectivity index (χ0v) is 17.7. The molecule has 0 aliphatic rings. The van der Waals surface area contributed by atoms with Gasteiger partial charge in [-0.3, -0.25) is 4.31 Å². The summed E-state index contributed by atoms with van der Waals surface area (Å²) in [5.74, 6) is -0.966. The fourth-order valence-corrected chi connectivity index (χ4v) is 5.06. The van der Waals surface area contributed by atoms with Gasteiger partial charge in [-0.15, -0.1) is 0 Å². The Morgan fingerprint density at radius 3 is 2.36 bits per heavy atom. The van der Waals surface area contributed by atoms with Gasteiger partial charge in [0.05, 0.1) is 28.3 Å². The third-order valence-corrected chi connectivity index (χ3v) is 7.27. The molecule has 0 aromatic heterocycles. The van der Waals surface area contributed by atoms with E-state index < -0.39 is 37.5 Å². The van der Waals surface area contributed by atoms with E-state index in [-0.39, 0.29) is 10.6 Å². The molecule has 0 radical (unpaired) electrons. The largest absolute Gasteiger partial charge is 0.387 e. The van der Waals surface area contributed by atoms with Crippen molar-refractivity contribution in [1.82, 2.24) is 0 Å². The minimum atomic E-state index is -3.86. The van der Waals surface area contributed by atoms with Gasteiger partial charge in [0.1, 0.15) is 5.82 Å². The Kier molecular flexibility index (Phi) is 6.37. The van der Waals surface area contributed by atoms with Gasteiger partial charge < -0.3 is 11.1 Å². The summed E-state index contributed by atoms with van der Waals surface area (Å²) in [4.78, 5) is -0.0473. The summed E-state index contributed by atoms with van der Waals surface area (Å²) in [5.41, 5.74) is 7.32. The van der Waals surface area contributed by atoms with Gasteiger partial charge in [0.15, 0.2) is 9.84 Å². The van der Waals surface area contributed by atoms with Crippen LogP contribution in [0.15, 0.2) is 41.3 Å². The van der Waals surface area contributed by atoms with Gasteiger partial charge in [0.25, 0.3) is 0 Å². The first kappa shape index (κ1) is 22.1. The van der Waals surface area contributed by atoms with E-state index in [2.05, 4.69) is 5.32 Å². The Morgan fingerprint density at radius 1 is 1.18 bits per heavy atom. The maximum atomic E-state index is 13.5. The van der Waals surface area contributed by atoms with E-state index in [4.69, 9.17) is 5.73 Å². The quantitative estimate of drug-likeness (QED) is 0.654. The fraction of sp³-hybridized carbons (Fsp3) is 0.333. The molecule has 2 aromatic carbocycles. The molecular formula is C18H24FN3O4S2. The predicted octanol–water partition coefficient (Wildman–Crippen LogP) is 2.26. The molecule has 28 heavy (non-hydrogen) atoms. The maximum absolute atomic E-state index is 13.5. The third kappa shape index (κ3) is 4.62. The molecule has 2 aromatic rings. The van der Waals surface area contributed by atoms with Crippen molar-refractivity contribution in [3.63, 3.8) is 0 Å². The van der Waals surface area contributed by atoms with Crippen molar-refractivity contribution < 1.29 is 21.2 Å². The van der Waals surface area contributed by atoms with Gasteiger partial charge in [-0.1, -0.05) is 12.1 Å². The van der Waals surface area contributed by atoms with Crippen LogP contribution in [-0.2, 0) is 25.6 Å². The number of hydrogen-bond donors (Lipinski definition) is 2. The first-order chi connectivity index (χ1) is 12.9. The molecule has 1 atom stereocenters. The molecule has 2 rings (SSSR count). The average molecular weight is 430 g/mol. The second-order valence-electron chi connectivity index (χ2n) is 6.52. The zero-order chi connectivity index (χ0) is 21.3. The topological polar surface area (TPSA) is 110 Å². The van der Waals surface area contributed by atoms with E-state index in [0.717, 1.165) is 22.7 Å². The Bertz CT molecular complexity index is 1080. The zero-order valence-electron chi connectivity index (χ0n) is 16.1. The lowest BCUT2D eigenvalue weighted by molar-refractivity contribution is 0.594. The van der Waals surface area contributed by atoms with Crippen LogP contribution in [0.4, 0.5) is 15.8 Å². The predicted molar refractivity (Wildman–Crippen MR) is 109 cm³/mol. The highest BCUT2D eigenvalue weighted by Gasteiger charge is 2.25. The number of nitrogens with one attached hydrogen (secondary N) is 1. The van der Waals surface area contributed by atoms with Crippen LogP contribution in [0.25, 0.3) is 0 Å². The summed E-state index contributed by atoms with van der Waals surface area (Å²) in [6.45, 7) is 1.65. The van der Waals surface area contributed by atoms with E-state index >= 15 is 0 Å². The van der Waals surface area contributed by atoms with Crippen molar-refractivity contribution in [2.75, 3.05) is 30.0 Å². The summed E-state index contributed by atoms with van der Waals surface area (Å²) in [6.07, 6.45) is 1.05. The molecule has 0 bridgehead atoms. The minimum absolute atomic E-state index is 0.0473. The standard InChI is InChI=1S/C18H24FN3O4S2/c1-12(20)18-13(6-5-7-16(18)22(3)27(4,23)24)11-28(25,26)17-9-8-14(19)10-15(17)21-2/h5-10,12,21H,11,20H2,1-4H3. The van der Waals surface area contributed by atoms with Crippen LogP contribution in [0.2, 0.25) is 0 Å². The summed E-state index contributed by atoms with van der Waals surface area (Å²) in [7, 11) is -4.54. The van der Waals surface area contributed by atoms with Crippen LogP contribution in [-0.4, -0.2) is 37.2 Å². The monoisotopic (exact) mass is 429 g/mol. The van der Waals surface area contributed by atoms with Gasteiger partial charge in [-0.05, 0) is 42.3 Å². The number of benzene rings is 2. The molecule has 0 amide bonds. The molecule has 10 heteroatoms. The summed E-state index contributed by atoms with van der Waals surface area (Å²) < 4.78 is 64.5. The second kappa shape index (κ2) is 8.06. The average Bonchev–Trinajstić information content (AvgIpc) is 2.59. The number of anilines is 2. The smallest absolute Gasteiger partial charge is 0.232 e. The van der Waals surface area contributed by atoms with Crippen molar-refractivity contribution in [3.05, 3.63) is 53.3 Å². The molecule has 0 saturated carbocycles. The van der Waals surface area contributed by atoms with Crippen LogP contribution in [0, 0.1) is 5.82 Å². The van der Waals surface area contributed by atoms with E-state index in [1.54, 1.807) is 25.1 Å². The Labute approximate surface area is 165 Å². The molecular weight excluding hydrogens is 405 g/mol. The van der Waals surface area contributed by atoms with Crippen molar-refractivity contribution in [2.45, 2.75) is 23.6 Å². The van der Waals surface area contributed by atoms with Gasteiger partial charge in [0.2, 0.25) is 10.0 Å². The maximum Gasteiger partial charge on any atom is 0.232 e. The lowest BCUT2D eigenvalue weighted by Gasteiger charge is -2.24. The van der Waals surface area contributed by atoms with Gasteiger partial charge in [-0.25, -0.2) is 21.2 Å². The van der Waals surface area contributed by atoms with Gasteiger partial charge in [-0.2, -0.15) is 0 Å². The molecule has 0 fully saturated rings. The van der Waals surface area contributed by atoms with Crippen LogP contribution in [0.5, 0.6) is 0 Å². The molecule has 0 aliphatic heterocycles. The summed E-state index contributed by atoms with van der Waals surface area (Å²) in [5, 5.41) is 2.68. The molecule has 0 saturated heterocycles. The lowest BCUT2D eigenvalue weighted by Crippen LogP contribution is -2.27. The Balaban J connectivity index is 2.61. The second-order valence-corrected chi connectivity index (χ2v) is 10.5. The van der Waals surface area contributed by atoms with Crippen molar-refractivity contribution in [2.24, 2.45) is 5.73 Å². The van der Waals surface area contributed by atoms with Crippen LogP contribution in [0.3, 0.4) is 0 Å². The highest BCUT2D eigenvalue weighted by Crippen LogP contribution is 2.33. The summed E-state index contributed by atoms with van der Waals surface area (Å²) in [6, 6.07) is 7.53. The normalized spacial score (nSPS) is 13.2. The minimum Gasteiger partial charge on any atom is -0.387 e. The van der Waals surface area contributed by atoms with E-state index in [0.29, 0.717) is 16.8 Å². The molecule has 0 spiro atoms. The highest BCUT2D eigenvalue weighted by molar-refractivity contribution is 7.92. The molecule has 1 unspecified atom stereocenters. The molecule has 154 valence electrons. The first-order valence-electron chi connectivity index (χ1n) is 8.40. The Hall–Kier alpha value is -2.17. The van der Waals surface area contributed by atoms with Crippen molar-refractivity contribution in [3.8, 4) is 0 Å². The van der Waals surface area contributed by atoms with Crippen molar-refractivity contribution in [1.29, 1.82) is 0 Å². The highest BCUT2D eigenvalue weighted by atomic mass is 32.2. The number of halogens is 1. The number of nitrogens with zero attached hydrogens (tertiary/aromatic N) is 1. The molecule has 7 nitrogen and oxygen atoms in total. The van der Waals surface area contributed by atoms with E-state index in [9.17, 15) is 21.2 Å². The van der Waals surface area contributed by atoms with Gasteiger partial charge >= 0.3 is 0 Å². The number of rotatable bonds is 7. The van der Waals surface area contributed by atoms with Crippen molar-refractivity contribution >= 4 is 31.2 Å². The number of nitrogens with two attached hydrogens (primary N) is 1. The van der Waals surface area contributed by atoms with E-state index in [1.807, 2.05) is 0 Å². The third-order valence-electron chi connectivity index (χ3n) is 4.36. The number of sulfonamides is 1. The summed E-state index contributed by atoms with van der Waals surface area (Å²) >= 11 is 0. The van der Waals surface area contributed by atoms with E-state index in [1.165, 1.54) is 20.2 Å². The Morgan fingerprint density at radius 2 is 1.82 bits per heavy atom. The number of sulfone groups is 1. The molecule has 0 heterocycles. The fourth-order valence-electron chi connectivity index (χ4n) is 2.96. The van der Waals surface area contributed by atoms with Crippen LogP contribution in [0.1, 0.15) is 24.1 Å². The first-order valence-corrected chi connectivity index (χ1v) is 11.9.